The van der Waals surface area contributed by atoms with Crippen molar-refractivity contribution in [1.29, 1.82) is 0 Å². The Labute approximate surface area is 121 Å². The summed E-state index contributed by atoms with van der Waals surface area (Å²) >= 11 is 2.28. The Balaban J connectivity index is 2.99. The largest absolute Gasteiger partial charge is 0.598 e. The van der Waals surface area contributed by atoms with E-state index in [9.17, 15) is 4.55 Å². The van der Waals surface area contributed by atoms with Gasteiger partial charge in [0.05, 0.1) is 5.54 Å². The Morgan fingerprint density at radius 3 is 2.44 bits per heavy atom. The van der Waals surface area contributed by atoms with E-state index in [1.807, 2.05) is 32.9 Å². The van der Waals surface area contributed by atoms with Gasteiger partial charge in [0.25, 0.3) is 0 Å². The molecule has 0 bridgehead atoms. The van der Waals surface area contributed by atoms with Crippen molar-refractivity contribution in [2.75, 3.05) is 0 Å². The smallest absolute Gasteiger partial charge is 0.136 e. The fraction of sp³-hybridized carbons (Fsp3) is 0.615. The molecule has 1 N–H and O–H groups in total. The van der Waals surface area contributed by atoms with Crippen LogP contribution in [-0.2, 0) is 16.9 Å². The quantitative estimate of drug-likeness (QED) is 0.677. The first-order chi connectivity index (χ1) is 8.19. The minimum Gasteiger partial charge on any atom is -0.598 e. The molecule has 0 aliphatic carbocycles. The second-order valence-corrected chi connectivity index (χ2v) is 8.31. The van der Waals surface area contributed by atoms with E-state index in [-0.39, 0.29) is 10.3 Å². The third-order valence-corrected chi connectivity index (χ3v) is 5.13. The van der Waals surface area contributed by atoms with Crippen LogP contribution in [0, 0.1) is 0 Å². The molecule has 0 aliphatic heterocycles. The molecule has 0 amide bonds. The van der Waals surface area contributed by atoms with E-state index in [1.165, 1.54) is 0 Å². The van der Waals surface area contributed by atoms with Gasteiger partial charge in [-0.1, -0.05) is 6.92 Å². The first-order valence-corrected chi connectivity index (χ1v) is 7.95. The molecular formula is C13H21BrN2OS. The maximum atomic E-state index is 12.3. The summed E-state index contributed by atoms with van der Waals surface area (Å²) in [7, 11) is 0. The summed E-state index contributed by atoms with van der Waals surface area (Å²) in [4.78, 5) is 4.13. The Kier molecular flexibility index (Phi) is 5.23. The first-order valence-electron chi connectivity index (χ1n) is 6.01. The van der Waals surface area contributed by atoms with Gasteiger partial charge in [0, 0.05) is 17.6 Å². The van der Waals surface area contributed by atoms with E-state index in [1.54, 1.807) is 6.20 Å². The maximum Gasteiger partial charge on any atom is 0.136 e. The molecule has 0 radical (unpaired) electrons. The number of halogens is 1. The number of nitrogens with zero attached hydrogens (tertiary/aromatic N) is 1. The van der Waals surface area contributed by atoms with Gasteiger partial charge in [-0.3, -0.25) is 0 Å². The number of hydrogen-bond acceptors (Lipinski definition) is 3. The van der Waals surface area contributed by atoms with Crippen LogP contribution in [0.15, 0.2) is 22.9 Å². The highest BCUT2D eigenvalue weighted by Crippen LogP contribution is 2.29. The van der Waals surface area contributed by atoms with Gasteiger partial charge < -0.3 is 4.55 Å². The molecule has 2 atom stereocenters. The highest BCUT2D eigenvalue weighted by molar-refractivity contribution is 9.10. The summed E-state index contributed by atoms with van der Waals surface area (Å²) in [5.74, 6) is 0. The molecule has 1 heterocycles. The second-order valence-electron chi connectivity index (χ2n) is 5.54. The fourth-order valence-corrected chi connectivity index (χ4v) is 2.78. The Bertz CT molecular complexity index is 408. The van der Waals surface area contributed by atoms with Gasteiger partial charge in [-0.2, -0.15) is 0 Å². The molecule has 18 heavy (non-hydrogen) atoms. The number of aromatic nitrogens is 1. The van der Waals surface area contributed by atoms with E-state index in [4.69, 9.17) is 0 Å². The fourth-order valence-electron chi connectivity index (χ4n) is 1.44. The lowest BCUT2D eigenvalue weighted by Gasteiger charge is -2.34. The predicted molar refractivity (Wildman–Crippen MR) is 80.6 cm³/mol. The van der Waals surface area contributed by atoms with E-state index < -0.39 is 11.4 Å². The summed E-state index contributed by atoms with van der Waals surface area (Å²) in [6, 6.07) is 3.93. The van der Waals surface area contributed by atoms with Crippen molar-refractivity contribution in [1.82, 2.24) is 9.71 Å². The molecule has 1 aromatic heterocycles. The molecular weight excluding hydrogens is 312 g/mol. The van der Waals surface area contributed by atoms with E-state index in [2.05, 4.69) is 39.5 Å². The highest BCUT2D eigenvalue weighted by atomic mass is 79.9. The zero-order valence-electron chi connectivity index (χ0n) is 11.6. The normalized spacial score (nSPS) is 17.3. The lowest BCUT2D eigenvalue weighted by atomic mass is 9.91. The van der Waals surface area contributed by atoms with Gasteiger partial charge in [0.15, 0.2) is 0 Å². The second kappa shape index (κ2) is 5.90. The van der Waals surface area contributed by atoms with Crippen molar-refractivity contribution in [2.45, 2.75) is 51.3 Å². The summed E-state index contributed by atoms with van der Waals surface area (Å²) in [5, 5.41) is 0. The van der Waals surface area contributed by atoms with E-state index in [0.29, 0.717) is 0 Å². The molecule has 3 nitrogen and oxygen atoms in total. The monoisotopic (exact) mass is 332 g/mol. The van der Waals surface area contributed by atoms with Crippen LogP contribution in [0.4, 0.5) is 0 Å². The van der Waals surface area contributed by atoms with Gasteiger partial charge in [-0.15, -0.1) is 4.72 Å². The topological polar surface area (TPSA) is 48.0 Å². The summed E-state index contributed by atoms with van der Waals surface area (Å²) < 4.78 is 16.0. The van der Waals surface area contributed by atoms with Crippen LogP contribution in [0.3, 0.4) is 0 Å². The van der Waals surface area contributed by atoms with Crippen molar-refractivity contribution < 1.29 is 4.55 Å². The van der Waals surface area contributed by atoms with Crippen LogP contribution in [0.25, 0.3) is 0 Å². The van der Waals surface area contributed by atoms with Crippen LogP contribution < -0.4 is 4.72 Å². The van der Waals surface area contributed by atoms with Gasteiger partial charge in [0.1, 0.15) is 9.35 Å². The molecule has 0 saturated carbocycles. The Morgan fingerprint density at radius 2 is 2.00 bits per heavy atom. The average molecular weight is 333 g/mol. The Morgan fingerprint density at radius 1 is 1.39 bits per heavy atom. The molecule has 1 aromatic rings. The standard InChI is InChI=1S/C13H21BrN2OS/c1-6-13(5,16-18(17)12(2,3)4)10-7-8-15-11(14)9-10/h7-9,16H,6H2,1-5H3/t13-,18?/m1/s1. The van der Waals surface area contributed by atoms with Crippen LogP contribution in [0.5, 0.6) is 0 Å². The molecule has 0 aliphatic rings. The van der Waals surface area contributed by atoms with Gasteiger partial charge >= 0.3 is 0 Å². The minimum atomic E-state index is -1.10. The van der Waals surface area contributed by atoms with Crippen molar-refractivity contribution in [3.63, 3.8) is 0 Å². The number of pyridine rings is 1. The average Bonchev–Trinajstić information content (AvgIpc) is 2.27. The first kappa shape index (κ1) is 16.0. The molecule has 0 spiro atoms. The van der Waals surface area contributed by atoms with Crippen LogP contribution in [0.2, 0.25) is 0 Å². The van der Waals surface area contributed by atoms with Crippen molar-refractivity contribution >= 4 is 27.3 Å². The SMILES string of the molecule is CC[C@@](C)(N[S+]([O-])C(C)(C)C)c1ccnc(Br)c1. The van der Waals surface area contributed by atoms with E-state index in [0.717, 1.165) is 16.6 Å². The third kappa shape index (κ3) is 3.95. The summed E-state index contributed by atoms with van der Waals surface area (Å²) in [6.07, 6.45) is 2.61. The zero-order chi connectivity index (χ0) is 14.0. The lowest BCUT2D eigenvalue weighted by molar-refractivity contribution is 0.407. The molecule has 0 aromatic carbocycles. The lowest BCUT2D eigenvalue weighted by Crippen LogP contribution is -2.49. The molecule has 0 fully saturated rings. The molecule has 0 saturated heterocycles. The summed E-state index contributed by atoms with van der Waals surface area (Å²) in [6.45, 7) is 10.1. The minimum absolute atomic E-state index is 0.277. The zero-order valence-corrected chi connectivity index (χ0v) is 14.0. The van der Waals surface area contributed by atoms with Crippen LogP contribution in [-0.4, -0.2) is 14.3 Å². The van der Waals surface area contributed by atoms with Gasteiger partial charge in [-0.25, -0.2) is 4.98 Å². The van der Waals surface area contributed by atoms with Crippen LogP contribution >= 0.6 is 15.9 Å². The van der Waals surface area contributed by atoms with Crippen molar-refractivity contribution in [2.24, 2.45) is 0 Å². The Hall–Kier alpha value is -0.100. The molecule has 102 valence electrons. The summed E-state index contributed by atoms with van der Waals surface area (Å²) in [5.41, 5.74) is 0.772. The van der Waals surface area contributed by atoms with Crippen LogP contribution in [0.1, 0.15) is 46.6 Å². The number of hydrogen-bond donors (Lipinski definition) is 1. The third-order valence-electron chi connectivity index (χ3n) is 2.94. The predicted octanol–water partition coefficient (Wildman–Crippen LogP) is 3.52. The van der Waals surface area contributed by atoms with Gasteiger partial charge in [0.2, 0.25) is 0 Å². The van der Waals surface area contributed by atoms with Gasteiger partial charge in [-0.05, 0) is 67.7 Å². The highest BCUT2D eigenvalue weighted by Gasteiger charge is 2.36. The number of rotatable bonds is 4. The maximum absolute atomic E-state index is 12.3. The molecule has 1 unspecified atom stereocenters. The van der Waals surface area contributed by atoms with E-state index >= 15 is 0 Å². The van der Waals surface area contributed by atoms with Crippen molar-refractivity contribution in [3.05, 3.63) is 28.5 Å². The molecule has 1 rings (SSSR count). The molecule has 5 heteroatoms. The van der Waals surface area contributed by atoms with Crippen molar-refractivity contribution in [3.8, 4) is 0 Å². The number of nitrogens with one attached hydrogen (secondary N) is 1.